The first-order valence-electron chi connectivity index (χ1n) is 12.3. The van der Waals surface area contributed by atoms with Crippen molar-refractivity contribution < 1.29 is 37.3 Å². The second kappa shape index (κ2) is 20.6. The zero-order valence-electron chi connectivity index (χ0n) is 22.3. The summed E-state index contributed by atoms with van der Waals surface area (Å²) in [7, 11) is 1.61. The lowest BCUT2D eigenvalue weighted by Crippen LogP contribution is -2.37. The van der Waals surface area contributed by atoms with E-state index in [0.29, 0.717) is 17.6 Å². The minimum Gasteiger partial charge on any atom is -0.458 e. The molecule has 0 spiro atoms. The van der Waals surface area contributed by atoms with Gasteiger partial charge in [-0.2, -0.15) is 0 Å². The van der Waals surface area contributed by atoms with E-state index in [1.165, 1.54) is 6.92 Å². The van der Waals surface area contributed by atoms with Crippen LogP contribution in [0.1, 0.15) is 52.4 Å². The van der Waals surface area contributed by atoms with Gasteiger partial charge in [0.25, 0.3) is 0 Å². The summed E-state index contributed by atoms with van der Waals surface area (Å²) in [6, 6.07) is 0. The van der Waals surface area contributed by atoms with Gasteiger partial charge in [0.2, 0.25) is 0 Å². The first kappa shape index (κ1) is 33.5. The average molecular weight is 517 g/mol. The summed E-state index contributed by atoms with van der Waals surface area (Å²) in [6.07, 6.45) is 22.1. The molecule has 2 atom stereocenters. The molecule has 0 fully saturated rings. The van der Waals surface area contributed by atoms with Crippen LogP contribution in [0.3, 0.4) is 0 Å². The number of ether oxygens (including phenoxy) is 2. The lowest BCUT2D eigenvalue weighted by atomic mass is 10.2. The van der Waals surface area contributed by atoms with Crippen LogP contribution in [0, 0.1) is 0 Å². The van der Waals surface area contributed by atoms with E-state index in [1.807, 2.05) is 21.1 Å². The molecular weight excluding hydrogens is 469 g/mol. The third-order valence-electron chi connectivity index (χ3n) is 4.45. The lowest BCUT2D eigenvalue weighted by Gasteiger charge is -2.24. The summed E-state index contributed by atoms with van der Waals surface area (Å²) < 4.78 is 33.2. The van der Waals surface area contributed by atoms with Crippen molar-refractivity contribution in [2.75, 3.05) is 54.1 Å². The number of nitrogens with zero attached hydrogens (tertiary/aromatic N) is 1. The maximum atomic E-state index is 12.0. The molecular formula is C26H47NO7P+. The number of unbranched alkanes of at least 4 members (excludes halogenated alkanes) is 1. The number of likely N-dealkylation sites (N-methyl/N-ethyl adjacent to an activating group) is 1. The third-order valence-corrected chi connectivity index (χ3v) is 5.44. The molecule has 0 aromatic heterocycles. The second-order valence-corrected chi connectivity index (χ2v) is 10.5. The SMILES string of the molecule is CC/C=C\C/C=C\C/C=C\C/C=C\CCCOCC(COP(=O)(O)OCC[N+](C)(C)C)OC(C)=O. The van der Waals surface area contributed by atoms with Crippen molar-refractivity contribution in [1.82, 2.24) is 0 Å². The highest BCUT2D eigenvalue weighted by Gasteiger charge is 2.25. The number of phosphoric acid groups is 1. The highest BCUT2D eigenvalue weighted by atomic mass is 31.2. The van der Waals surface area contributed by atoms with Gasteiger partial charge in [0, 0.05) is 13.5 Å². The number of carbonyl (C=O) groups is 1. The summed E-state index contributed by atoms with van der Waals surface area (Å²) >= 11 is 0. The fourth-order valence-corrected chi connectivity index (χ4v) is 3.35. The van der Waals surface area contributed by atoms with E-state index in [1.54, 1.807) is 0 Å². The highest BCUT2D eigenvalue weighted by Crippen LogP contribution is 2.43. The van der Waals surface area contributed by atoms with Crippen LogP contribution in [0.15, 0.2) is 48.6 Å². The maximum absolute atomic E-state index is 12.0. The minimum absolute atomic E-state index is 0.0727. The van der Waals surface area contributed by atoms with Crippen molar-refractivity contribution in [2.24, 2.45) is 0 Å². The predicted octanol–water partition coefficient (Wildman–Crippen LogP) is 5.36. The van der Waals surface area contributed by atoms with Gasteiger partial charge in [0.05, 0.1) is 34.4 Å². The normalized spacial score (nSPS) is 15.5. The molecule has 0 rings (SSSR count). The van der Waals surface area contributed by atoms with Gasteiger partial charge in [0.1, 0.15) is 19.3 Å². The number of hydrogen-bond acceptors (Lipinski definition) is 6. The fraction of sp³-hybridized carbons (Fsp3) is 0.654. The first-order chi connectivity index (χ1) is 16.6. The van der Waals surface area contributed by atoms with Crippen LogP contribution in [-0.4, -0.2) is 75.6 Å². The number of phosphoric ester groups is 1. The Balaban J connectivity index is 4.03. The van der Waals surface area contributed by atoms with E-state index in [9.17, 15) is 14.3 Å². The summed E-state index contributed by atoms with van der Waals surface area (Å²) in [5.74, 6) is -0.513. The van der Waals surface area contributed by atoms with Crippen molar-refractivity contribution >= 4 is 13.8 Å². The van der Waals surface area contributed by atoms with Crippen molar-refractivity contribution in [3.8, 4) is 0 Å². The smallest absolute Gasteiger partial charge is 0.458 e. The molecule has 35 heavy (non-hydrogen) atoms. The molecule has 0 heterocycles. The first-order valence-corrected chi connectivity index (χ1v) is 13.8. The van der Waals surface area contributed by atoms with Gasteiger partial charge in [-0.25, -0.2) is 4.57 Å². The van der Waals surface area contributed by atoms with Crippen LogP contribution in [0.4, 0.5) is 0 Å². The Morgan fingerprint density at radius 1 is 0.886 bits per heavy atom. The number of rotatable bonds is 21. The highest BCUT2D eigenvalue weighted by molar-refractivity contribution is 7.47. The van der Waals surface area contributed by atoms with Crippen molar-refractivity contribution in [1.29, 1.82) is 0 Å². The largest absolute Gasteiger partial charge is 0.472 e. The molecule has 0 aliphatic rings. The zero-order chi connectivity index (χ0) is 26.4. The third kappa shape index (κ3) is 25.4. The standard InChI is InChI=1S/C26H46NO7P/c1-6-7-8-9-10-11-12-13-14-15-16-17-18-19-21-31-23-26(34-25(2)28)24-33-35(29,30)32-22-20-27(3,4)5/h7-8,10-11,13-14,16-17,26H,6,9,12,15,18-24H2,1-5H3/p+1/b8-7-,11-10-,14-13-,17-16-. The van der Waals surface area contributed by atoms with Crippen LogP contribution in [0.2, 0.25) is 0 Å². The Morgan fingerprint density at radius 3 is 2.00 bits per heavy atom. The van der Waals surface area contributed by atoms with E-state index in [-0.39, 0.29) is 19.8 Å². The minimum atomic E-state index is -4.23. The maximum Gasteiger partial charge on any atom is 0.472 e. The van der Waals surface area contributed by atoms with Gasteiger partial charge >= 0.3 is 13.8 Å². The molecule has 0 radical (unpaired) electrons. The molecule has 8 nitrogen and oxygen atoms in total. The summed E-state index contributed by atoms with van der Waals surface area (Å²) in [6.45, 7) is 4.29. The van der Waals surface area contributed by atoms with Crippen molar-refractivity contribution in [2.45, 2.75) is 58.5 Å². The molecule has 0 aromatic carbocycles. The number of hydrogen-bond donors (Lipinski definition) is 1. The van der Waals surface area contributed by atoms with Crippen molar-refractivity contribution in [3.05, 3.63) is 48.6 Å². The number of quaternary nitrogens is 1. The lowest BCUT2D eigenvalue weighted by molar-refractivity contribution is -0.870. The van der Waals surface area contributed by atoms with Crippen LogP contribution >= 0.6 is 7.82 Å². The van der Waals surface area contributed by atoms with E-state index in [4.69, 9.17) is 18.5 Å². The van der Waals surface area contributed by atoms with E-state index < -0.39 is 19.9 Å². The second-order valence-electron chi connectivity index (χ2n) is 9.06. The number of allylic oxidation sites excluding steroid dienone is 8. The Bertz CT molecular complexity index is 711. The monoisotopic (exact) mass is 516 g/mol. The predicted molar refractivity (Wildman–Crippen MR) is 141 cm³/mol. The summed E-state index contributed by atoms with van der Waals surface area (Å²) in [4.78, 5) is 21.1. The van der Waals surface area contributed by atoms with E-state index in [0.717, 1.165) is 38.5 Å². The van der Waals surface area contributed by atoms with Gasteiger partial charge in [-0.05, 0) is 38.5 Å². The summed E-state index contributed by atoms with van der Waals surface area (Å²) in [5, 5.41) is 0. The zero-order valence-corrected chi connectivity index (χ0v) is 23.2. The molecule has 0 saturated carbocycles. The molecule has 202 valence electrons. The Labute approximate surface area is 212 Å². The molecule has 0 aliphatic heterocycles. The molecule has 2 unspecified atom stereocenters. The Hall–Kier alpha value is -1.54. The molecule has 0 bridgehead atoms. The van der Waals surface area contributed by atoms with E-state index in [2.05, 4.69) is 55.5 Å². The fourth-order valence-electron chi connectivity index (χ4n) is 2.61. The van der Waals surface area contributed by atoms with Crippen LogP contribution in [0.5, 0.6) is 0 Å². The van der Waals surface area contributed by atoms with Gasteiger partial charge in [-0.15, -0.1) is 0 Å². The molecule has 0 aromatic rings. The van der Waals surface area contributed by atoms with Crippen LogP contribution < -0.4 is 0 Å². The molecule has 1 N–H and O–H groups in total. The van der Waals surface area contributed by atoms with Gasteiger partial charge in [-0.3, -0.25) is 13.8 Å². The quantitative estimate of drug-likeness (QED) is 0.0722. The molecule has 0 aliphatic carbocycles. The topological polar surface area (TPSA) is 91.3 Å². The summed E-state index contributed by atoms with van der Waals surface area (Å²) in [5.41, 5.74) is 0. The van der Waals surface area contributed by atoms with Crippen LogP contribution in [0.25, 0.3) is 0 Å². The van der Waals surface area contributed by atoms with Gasteiger partial charge < -0.3 is 18.9 Å². The van der Waals surface area contributed by atoms with E-state index >= 15 is 0 Å². The number of carbonyl (C=O) groups excluding carboxylic acids is 1. The van der Waals surface area contributed by atoms with Crippen LogP contribution in [-0.2, 0) is 27.9 Å². The average Bonchev–Trinajstić information content (AvgIpc) is 2.75. The number of esters is 1. The Morgan fingerprint density at radius 2 is 1.46 bits per heavy atom. The van der Waals surface area contributed by atoms with Gasteiger partial charge in [-0.1, -0.05) is 55.5 Å². The van der Waals surface area contributed by atoms with Gasteiger partial charge in [0.15, 0.2) is 0 Å². The Kier molecular flexibility index (Phi) is 19.7. The molecule has 0 saturated heterocycles. The molecule has 0 amide bonds. The van der Waals surface area contributed by atoms with Crippen molar-refractivity contribution in [3.63, 3.8) is 0 Å². The molecule has 9 heteroatoms.